The first-order valence-electron chi connectivity index (χ1n) is 7.50. The van der Waals surface area contributed by atoms with Gasteiger partial charge in [0.2, 0.25) is 0 Å². The van der Waals surface area contributed by atoms with Crippen LogP contribution in [-0.4, -0.2) is 0 Å². The molecule has 2 aliphatic rings. The van der Waals surface area contributed by atoms with Crippen molar-refractivity contribution in [2.45, 2.75) is 69.2 Å². The largest absolute Gasteiger partial charge is 4.00 e. The van der Waals surface area contributed by atoms with Gasteiger partial charge >= 0.3 is 21.7 Å². The van der Waals surface area contributed by atoms with Crippen LogP contribution < -0.4 is 34.0 Å². The fourth-order valence-electron chi connectivity index (χ4n) is 2.81. The second-order valence-electron chi connectivity index (χ2n) is 7.25. The normalized spacial score (nSPS) is 20.4. The zero-order valence-electron chi connectivity index (χ0n) is 16.3. The standard InChI is InChI=1S/2C10H15.2BrH.Ti/c2*1-7-6-10(4,5)9(3)8(7)2;;;/h2*1-5H3;2*1H;/q2*-1;;;+4/p-2. The van der Waals surface area contributed by atoms with Gasteiger partial charge < -0.3 is 34.0 Å². The van der Waals surface area contributed by atoms with E-state index in [-0.39, 0.29) is 66.5 Å². The smallest absolute Gasteiger partial charge is 1.00 e. The molecule has 0 fully saturated rings. The Morgan fingerprint density at radius 1 is 0.565 bits per heavy atom. The van der Waals surface area contributed by atoms with Crippen LogP contribution in [0.2, 0.25) is 0 Å². The first-order valence-corrected chi connectivity index (χ1v) is 7.50. The molecule has 0 N–H and O–H groups in total. The fraction of sp³-hybridized carbons (Fsp3) is 0.600. The zero-order chi connectivity index (χ0) is 15.9. The summed E-state index contributed by atoms with van der Waals surface area (Å²) in [4.78, 5) is 0. The number of allylic oxidation sites excluding steroid dienone is 8. The van der Waals surface area contributed by atoms with Gasteiger partial charge in [-0.15, -0.1) is 13.8 Å². The second kappa shape index (κ2) is 9.95. The van der Waals surface area contributed by atoms with Gasteiger partial charge in [0.15, 0.2) is 0 Å². The average molecular weight is 478 g/mol. The molecule has 0 amide bonds. The number of hydrogen-bond acceptors (Lipinski definition) is 0. The Morgan fingerprint density at radius 2 is 0.783 bits per heavy atom. The summed E-state index contributed by atoms with van der Waals surface area (Å²) in [6.07, 6.45) is 6.87. The molecule has 0 bridgehead atoms. The predicted octanol–water partition coefficient (Wildman–Crippen LogP) is 0.230. The van der Waals surface area contributed by atoms with E-state index in [1.165, 1.54) is 33.4 Å². The molecule has 0 radical (unpaired) electrons. The number of halogens is 2. The minimum atomic E-state index is 0. The van der Waals surface area contributed by atoms with Crippen LogP contribution in [0.5, 0.6) is 0 Å². The van der Waals surface area contributed by atoms with E-state index < -0.39 is 0 Å². The molecule has 0 aromatic rings. The van der Waals surface area contributed by atoms with Crippen molar-refractivity contribution >= 4 is 0 Å². The summed E-state index contributed by atoms with van der Waals surface area (Å²) in [5, 5.41) is 0. The van der Waals surface area contributed by atoms with Crippen molar-refractivity contribution in [2.24, 2.45) is 10.8 Å². The van der Waals surface area contributed by atoms with Crippen LogP contribution in [0.4, 0.5) is 0 Å². The van der Waals surface area contributed by atoms with Crippen LogP contribution in [0.1, 0.15) is 69.2 Å². The van der Waals surface area contributed by atoms with Gasteiger partial charge in [0.05, 0.1) is 0 Å². The quantitative estimate of drug-likeness (QED) is 0.346. The van der Waals surface area contributed by atoms with E-state index in [1.54, 1.807) is 0 Å². The fourth-order valence-corrected chi connectivity index (χ4v) is 2.81. The summed E-state index contributed by atoms with van der Waals surface area (Å²) in [6, 6.07) is 0. The van der Waals surface area contributed by atoms with E-state index in [0.29, 0.717) is 0 Å². The average Bonchev–Trinajstić information content (AvgIpc) is 2.60. The molecule has 2 rings (SSSR count). The third kappa shape index (κ3) is 6.46. The summed E-state index contributed by atoms with van der Waals surface area (Å²) in [5.74, 6) is 0. The van der Waals surface area contributed by atoms with E-state index in [0.717, 1.165) is 0 Å². The molecule has 2 aliphatic carbocycles. The summed E-state index contributed by atoms with van der Waals surface area (Å²) in [5.41, 5.74) is 8.79. The molecule has 23 heavy (non-hydrogen) atoms. The summed E-state index contributed by atoms with van der Waals surface area (Å²) in [7, 11) is 0. The molecule has 0 saturated carbocycles. The molecule has 0 aromatic carbocycles. The van der Waals surface area contributed by atoms with E-state index in [1.807, 2.05) is 0 Å². The van der Waals surface area contributed by atoms with Crippen molar-refractivity contribution in [2.75, 3.05) is 0 Å². The minimum absolute atomic E-state index is 0. The van der Waals surface area contributed by atoms with Crippen molar-refractivity contribution in [1.29, 1.82) is 0 Å². The van der Waals surface area contributed by atoms with Gasteiger partial charge in [-0.1, -0.05) is 66.2 Å². The Bertz CT molecular complexity index is 494. The van der Waals surface area contributed by atoms with Crippen molar-refractivity contribution in [3.05, 3.63) is 45.6 Å². The van der Waals surface area contributed by atoms with Crippen LogP contribution in [-0.2, 0) is 21.7 Å². The molecule has 128 valence electrons. The summed E-state index contributed by atoms with van der Waals surface area (Å²) in [6.45, 7) is 21.8. The summed E-state index contributed by atoms with van der Waals surface area (Å²) >= 11 is 0. The SMILES string of the molecule is CC1=[C-]C(C)(C)C(C)=C1C.CC1=[C-]C(C)(C)C(C)=C1C.[Br-].[Br-].[Ti+4]. The van der Waals surface area contributed by atoms with Crippen molar-refractivity contribution in [3.8, 4) is 0 Å². The zero-order valence-corrected chi connectivity index (χ0v) is 21.0. The molecule has 3 heteroatoms. The molecule has 0 nitrogen and oxygen atoms in total. The molecule has 0 spiro atoms. The maximum Gasteiger partial charge on any atom is 4.00 e. The molecule has 0 aromatic heterocycles. The first-order chi connectivity index (χ1) is 8.90. The third-order valence-electron chi connectivity index (χ3n) is 5.12. The Balaban J connectivity index is -0.000000308. The topological polar surface area (TPSA) is 0 Å². The van der Waals surface area contributed by atoms with Gasteiger partial charge in [0, 0.05) is 0 Å². The monoisotopic (exact) mass is 476 g/mol. The van der Waals surface area contributed by atoms with Crippen molar-refractivity contribution in [1.82, 2.24) is 0 Å². The van der Waals surface area contributed by atoms with Gasteiger partial charge in [-0.25, -0.2) is 11.1 Å². The second-order valence-corrected chi connectivity index (χ2v) is 7.25. The van der Waals surface area contributed by atoms with Gasteiger partial charge in [-0.3, -0.25) is 12.2 Å². The molecule has 0 atom stereocenters. The maximum atomic E-state index is 3.44. The maximum absolute atomic E-state index is 3.44. The minimum Gasteiger partial charge on any atom is -1.00 e. The molecule has 0 aliphatic heterocycles. The number of rotatable bonds is 0. The predicted molar refractivity (Wildman–Crippen MR) is 89.2 cm³/mol. The van der Waals surface area contributed by atoms with Crippen molar-refractivity contribution < 1.29 is 55.7 Å². The Hall–Kier alpha value is 0.634. The van der Waals surface area contributed by atoms with Crippen LogP contribution in [0.3, 0.4) is 0 Å². The van der Waals surface area contributed by atoms with Crippen molar-refractivity contribution in [3.63, 3.8) is 0 Å². The first kappa shape index (κ1) is 28.4. The third-order valence-corrected chi connectivity index (χ3v) is 5.12. The van der Waals surface area contributed by atoms with Gasteiger partial charge in [0.1, 0.15) is 0 Å². The van der Waals surface area contributed by atoms with Gasteiger partial charge in [0.25, 0.3) is 0 Å². The van der Waals surface area contributed by atoms with E-state index in [4.69, 9.17) is 0 Å². The van der Waals surface area contributed by atoms with Gasteiger partial charge in [-0.05, 0) is 0 Å². The van der Waals surface area contributed by atoms with Gasteiger partial charge in [-0.2, -0.15) is 22.3 Å². The summed E-state index contributed by atoms with van der Waals surface area (Å²) < 4.78 is 0. The van der Waals surface area contributed by atoms with E-state index in [9.17, 15) is 0 Å². The molecule has 0 heterocycles. The van der Waals surface area contributed by atoms with Crippen LogP contribution in [0, 0.1) is 23.0 Å². The number of hydrogen-bond donors (Lipinski definition) is 0. The Labute approximate surface area is 180 Å². The van der Waals surface area contributed by atoms with Crippen LogP contribution >= 0.6 is 0 Å². The van der Waals surface area contributed by atoms with Crippen LogP contribution in [0.25, 0.3) is 0 Å². The molecule has 0 saturated heterocycles. The van der Waals surface area contributed by atoms with E-state index in [2.05, 4.69) is 81.4 Å². The molecular formula is C20H30Br2Ti. The van der Waals surface area contributed by atoms with Crippen LogP contribution in [0.15, 0.2) is 33.4 Å². The van der Waals surface area contributed by atoms with E-state index >= 15 is 0 Å². The Morgan fingerprint density at radius 3 is 0.826 bits per heavy atom. The Kier molecular flexibility index (Phi) is 12.3. The molecular weight excluding hydrogens is 448 g/mol. The molecule has 0 unspecified atom stereocenters.